The first-order chi connectivity index (χ1) is 15.8. The van der Waals surface area contributed by atoms with Crippen LogP contribution in [0, 0.1) is 12.7 Å². The van der Waals surface area contributed by atoms with E-state index in [9.17, 15) is 12.8 Å². The Morgan fingerprint density at radius 1 is 1.24 bits per heavy atom. The lowest BCUT2D eigenvalue weighted by Gasteiger charge is -2.13. The normalized spacial score (nSPS) is 14.9. The number of hydrogen-bond acceptors (Lipinski definition) is 9. The molecule has 12 heteroatoms. The second-order valence-electron chi connectivity index (χ2n) is 7.13. The molecule has 0 unspecified atom stereocenters. The van der Waals surface area contributed by atoms with Crippen molar-refractivity contribution in [3.8, 4) is 0 Å². The fraction of sp³-hybridized carbons (Fsp3) is 0.143. The van der Waals surface area contributed by atoms with Gasteiger partial charge >= 0.3 is 0 Å². The van der Waals surface area contributed by atoms with Gasteiger partial charge in [-0.05, 0) is 43.2 Å². The van der Waals surface area contributed by atoms with Crippen molar-refractivity contribution in [1.29, 1.82) is 0 Å². The SMILES string of the molecule is Cc1noc(CC=C2C=CC(Nc3nc(Nc4cccc(S(N)(=O)=O)c4)ncc3F)=CC2)n1. The molecule has 0 aliphatic heterocycles. The fourth-order valence-corrected chi connectivity index (χ4v) is 3.54. The Balaban J connectivity index is 1.43. The number of sulfonamides is 1. The average molecular weight is 470 g/mol. The first-order valence-electron chi connectivity index (χ1n) is 9.82. The van der Waals surface area contributed by atoms with Gasteiger partial charge in [-0.15, -0.1) is 0 Å². The molecule has 1 aliphatic rings. The fourth-order valence-electron chi connectivity index (χ4n) is 2.98. The zero-order chi connectivity index (χ0) is 23.4. The molecule has 0 fully saturated rings. The molecule has 1 aliphatic carbocycles. The van der Waals surface area contributed by atoms with Crippen molar-refractivity contribution < 1.29 is 17.3 Å². The second-order valence-corrected chi connectivity index (χ2v) is 8.69. The summed E-state index contributed by atoms with van der Waals surface area (Å²) in [6, 6.07) is 5.84. The number of primary sulfonamides is 1. The van der Waals surface area contributed by atoms with Crippen molar-refractivity contribution in [2.75, 3.05) is 10.6 Å². The highest BCUT2D eigenvalue weighted by Gasteiger charge is 2.12. The molecule has 0 spiro atoms. The molecule has 0 saturated heterocycles. The maximum absolute atomic E-state index is 14.3. The third-order valence-corrected chi connectivity index (χ3v) is 5.48. The van der Waals surface area contributed by atoms with Crippen molar-refractivity contribution in [2.24, 2.45) is 5.14 Å². The van der Waals surface area contributed by atoms with Gasteiger partial charge < -0.3 is 15.2 Å². The van der Waals surface area contributed by atoms with Gasteiger partial charge in [0.05, 0.1) is 11.1 Å². The van der Waals surface area contributed by atoms with E-state index in [-0.39, 0.29) is 16.7 Å². The number of hydrogen-bond donors (Lipinski definition) is 3. The predicted molar refractivity (Wildman–Crippen MR) is 119 cm³/mol. The minimum absolute atomic E-state index is 0.0280. The van der Waals surface area contributed by atoms with Gasteiger partial charge in [-0.25, -0.2) is 22.9 Å². The third-order valence-electron chi connectivity index (χ3n) is 4.57. The van der Waals surface area contributed by atoms with E-state index in [2.05, 4.69) is 30.7 Å². The van der Waals surface area contributed by atoms with Gasteiger partial charge in [-0.2, -0.15) is 9.97 Å². The van der Waals surface area contributed by atoms with E-state index < -0.39 is 15.8 Å². The molecule has 0 bridgehead atoms. The minimum Gasteiger partial charge on any atom is -0.339 e. The first kappa shape index (κ1) is 22.3. The molecular formula is C21H20FN7O3S. The lowest BCUT2D eigenvalue weighted by molar-refractivity contribution is 0.382. The van der Waals surface area contributed by atoms with Crippen LogP contribution in [-0.4, -0.2) is 28.5 Å². The van der Waals surface area contributed by atoms with E-state index in [0.29, 0.717) is 35.9 Å². The number of aryl methyl sites for hydroxylation is 1. The molecule has 0 saturated carbocycles. The quantitative estimate of drug-likeness (QED) is 0.474. The highest BCUT2D eigenvalue weighted by Crippen LogP contribution is 2.22. The topological polar surface area (TPSA) is 149 Å². The molecule has 33 heavy (non-hydrogen) atoms. The van der Waals surface area contributed by atoms with Crippen LogP contribution in [-0.2, 0) is 16.4 Å². The maximum Gasteiger partial charge on any atom is 0.238 e. The molecule has 2 aromatic heterocycles. The van der Waals surface area contributed by atoms with Crippen LogP contribution < -0.4 is 15.8 Å². The Hall–Kier alpha value is -3.90. The van der Waals surface area contributed by atoms with Crippen LogP contribution >= 0.6 is 0 Å². The average Bonchev–Trinajstić information content (AvgIpc) is 3.20. The van der Waals surface area contributed by atoms with Crippen LogP contribution in [0.25, 0.3) is 0 Å². The number of aromatic nitrogens is 4. The Morgan fingerprint density at radius 2 is 2.09 bits per heavy atom. The number of anilines is 3. The van der Waals surface area contributed by atoms with Crippen LogP contribution in [0.5, 0.6) is 0 Å². The smallest absolute Gasteiger partial charge is 0.238 e. The number of allylic oxidation sites excluding steroid dienone is 5. The zero-order valence-electron chi connectivity index (χ0n) is 17.5. The molecule has 4 N–H and O–H groups in total. The van der Waals surface area contributed by atoms with E-state index in [1.807, 2.05) is 18.2 Å². The number of nitrogens with one attached hydrogen (secondary N) is 2. The van der Waals surface area contributed by atoms with E-state index in [4.69, 9.17) is 9.66 Å². The maximum atomic E-state index is 14.3. The predicted octanol–water partition coefficient (Wildman–Crippen LogP) is 3.12. The Kier molecular flexibility index (Phi) is 6.29. The van der Waals surface area contributed by atoms with E-state index in [0.717, 1.165) is 11.8 Å². The summed E-state index contributed by atoms with van der Waals surface area (Å²) >= 11 is 0. The van der Waals surface area contributed by atoms with Crippen LogP contribution in [0.2, 0.25) is 0 Å². The molecule has 0 amide bonds. The Bertz CT molecular complexity index is 1380. The van der Waals surface area contributed by atoms with Crippen LogP contribution in [0.1, 0.15) is 18.1 Å². The van der Waals surface area contributed by atoms with Gasteiger partial charge in [0.1, 0.15) is 0 Å². The molecular weight excluding hydrogens is 449 g/mol. The molecule has 10 nitrogen and oxygen atoms in total. The highest BCUT2D eigenvalue weighted by atomic mass is 32.2. The number of nitrogens with two attached hydrogens (primary N) is 1. The van der Waals surface area contributed by atoms with Gasteiger partial charge in [-0.3, -0.25) is 0 Å². The Morgan fingerprint density at radius 3 is 2.79 bits per heavy atom. The van der Waals surface area contributed by atoms with Gasteiger partial charge in [0.2, 0.25) is 21.9 Å². The van der Waals surface area contributed by atoms with Gasteiger partial charge in [0.15, 0.2) is 17.5 Å². The number of halogens is 1. The highest BCUT2D eigenvalue weighted by molar-refractivity contribution is 7.89. The summed E-state index contributed by atoms with van der Waals surface area (Å²) in [6.45, 7) is 1.76. The monoisotopic (exact) mass is 469 g/mol. The summed E-state index contributed by atoms with van der Waals surface area (Å²) in [5, 5.41) is 14.7. The standard InChI is InChI=1S/C21H20FN7O3S/c1-13-25-19(32-29-13)10-7-14-5-8-15(9-6-14)26-20-18(22)12-24-21(28-20)27-16-3-2-4-17(11-16)33(23,30)31/h2-5,7-9,11-12H,6,10H2,1H3,(H2,23,30,31)(H2,24,26,27,28). The van der Waals surface area contributed by atoms with Gasteiger partial charge in [-0.1, -0.05) is 29.5 Å². The molecule has 3 aromatic rings. The molecule has 1 aromatic carbocycles. The van der Waals surface area contributed by atoms with Crippen LogP contribution in [0.4, 0.5) is 21.8 Å². The van der Waals surface area contributed by atoms with Crippen molar-refractivity contribution in [1.82, 2.24) is 20.1 Å². The van der Waals surface area contributed by atoms with Crippen molar-refractivity contribution in [3.05, 3.63) is 83.6 Å². The number of nitrogens with zero attached hydrogens (tertiary/aromatic N) is 4. The summed E-state index contributed by atoms with van der Waals surface area (Å²) in [4.78, 5) is 12.1. The minimum atomic E-state index is -3.86. The first-order valence-corrected chi connectivity index (χ1v) is 11.4. The van der Waals surface area contributed by atoms with E-state index >= 15 is 0 Å². The third kappa shape index (κ3) is 5.87. The largest absolute Gasteiger partial charge is 0.339 e. The summed E-state index contributed by atoms with van der Waals surface area (Å²) in [6.07, 6.45) is 9.77. The lowest BCUT2D eigenvalue weighted by atomic mass is 10.0. The second kappa shape index (κ2) is 9.30. The zero-order valence-corrected chi connectivity index (χ0v) is 18.3. The van der Waals surface area contributed by atoms with Crippen LogP contribution in [0.15, 0.2) is 75.5 Å². The van der Waals surface area contributed by atoms with Crippen molar-refractivity contribution in [3.63, 3.8) is 0 Å². The van der Waals surface area contributed by atoms with Crippen LogP contribution in [0.3, 0.4) is 0 Å². The van der Waals surface area contributed by atoms with Gasteiger partial charge in [0, 0.05) is 17.8 Å². The summed E-state index contributed by atoms with van der Waals surface area (Å²) in [7, 11) is -3.86. The Labute approximate surface area is 189 Å². The van der Waals surface area contributed by atoms with E-state index in [1.165, 1.54) is 18.2 Å². The number of benzene rings is 1. The molecule has 0 atom stereocenters. The van der Waals surface area contributed by atoms with Gasteiger partial charge in [0.25, 0.3) is 0 Å². The van der Waals surface area contributed by atoms with E-state index in [1.54, 1.807) is 19.1 Å². The van der Waals surface area contributed by atoms with Crippen molar-refractivity contribution in [2.45, 2.75) is 24.7 Å². The van der Waals surface area contributed by atoms with Crippen molar-refractivity contribution >= 4 is 27.5 Å². The molecule has 170 valence electrons. The molecule has 0 radical (unpaired) electrons. The molecule has 4 rings (SSSR count). The summed E-state index contributed by atoms with van der Waals surface area (Å²) in [5.74, 6) is 0.549. The summed E-state index contributed by atoms with van der Waals surface area (Å²) < 4.78 is 42.4. The lowest BCUT2D eigenvalue weighted by Crippen LogP contribution is -2.12. The number of rotatable bonds is 7. The summed E-state index contributed by atoms with van der Waals surface area (Å²) in [5.41, 5.74) is 2.11. The molecule has 2 heterocycles.